The number of nitro benzene ring substituents is 1. The van der Waals surface area contributed by atoms with Gasteiger partial charge in [0, 0.05) is 18.2 Å². The Bertz CT molecular complexity index is 1180. The molecule has 1 N–H and O–H groups in total. The van der Waals surface area contributed by atoms with Gasteiger partial charge in [-0.3, -0.25) is 19.8 Å². The fourth-order valence-electron chi connectivity index (χ4n) is 2.87. The molecule has 144 valence electrons. The number of benzene rings is 2. The van der Waals surface area contributed by atoms with Gasteiger partial charge in [0.05, 0.1) is 21.1 Å². The Kier molecular flexibility index (Phi) is 4.91. The zero-order chi connectivity index (χ0) is 20.5. The number of thioether (sulfide) groups is 1. The van der Waals surface area contributed by atoms with Gasteiger partial charge in [-0.1, -0.05) is 42.2 Å². The van der Waals surface area contributed by atoms with Gasteiger partial charge < -0.3 is 9.52 Å². The lowest BCUT2D eigenvalue weighted by Gasteiger charge is -2.14. The summed E-state index contributed by atoms with van der Waals surface area (Å²) in [4.78, 5) is 25.2. The molecule has 2 aromatic carbocycles. The number of furan rings is 1. The van der Waals surface area contributed by atoms with Crippen molar-refractivity contribution < 1.29 is 19.2 Å². The predicted molar refractivity (Wildman–Crippen MR) is 115 cm³/mol. The standard InChI is InChI=1S/C20H12N2O5S2/c23-13-5-3-4-12(10-13)21-19(24)18(29-20(21)28)11-14-8-9-17(27-14)15-6-1-2-7-16(15)22(25)26/h1-11,23H/b18-11-. The van der Waals surface area contributed by atoms with Crippen LogP contribution in [0.2, 0.25) is 0 Å². The summed E-state index contributed by atoms with van der Waals surface area (Å²) in [5.41, 5.74) is 0.754. The van der Waals surface area contributed by atoms with E-state index < -0.39 is 4.92 Å². The second kappa shape index (κ2) is 7.53. The highest BCUT2D eigenvalue weighted by molar-refractivity contribution is 8.27. The van der Waals surface area contributed by atoms with Crippen LogP contribution in [0.25, 0.3) is 17.4 Å². The highest BCUT2D eigenvalue weighted by Crippen LogP contribution is 2.38. The number of carbonyl (C=O) groups is 1. The topological polar surface area (TPSA) is 96.8 Å². The monoisotopic (exact) mass is 424 g/mol. The molecule has 0 atom stereocenters. The Labute approximate surface area is 174 Å². The largest absolute Gasteiger partial charge is 0.508 e. The van der Waals surface area contributed by atoms with E-state index in [1.807, 2.05) is 0 Å². The van der Waals surface area contributed by atoms with E-state index in [4.69, 9.17) is 16.6 Å². The second-order valence-corrected chi connectivity index (χ2v) is 7.69. The molecule has 1 saturated heterocycles. The van der Waals surface area contributed by atoms with Gasteiger partial charge in [-0.15, -0.1) is 0 Å². The van der Waals surface area contributed by atoms with Gasteiger partial charge in [-0.25, -0.2) is 0 Å². The van der Waals surface area contributed by atoms with Crippen LogP contribution < -0.4 is 4.90 Å². The molecule has 0 aliphatic carbocycles. The molecule has 3 aromatic rings. The molecular formula is C20H12N2O5S2. The summed E-state index contributed by atoms with van der Waals surface area (Å²) in [5, 5.41) is 20.9. The van der Waals surface area contributed by atoms with Gasteiger partial charge >= 0.3 is 0 Å². The summed E-state index contributed by atoms with van der Waals surface area (Å²) in [6.45, 7) is 0. The molecule has 2 heterocycles. The first-order chi connectivity index (χ1) is 13.9. The van der Waals surface area contributed by atoms with Crippen LogP contribution in [0.5, 0.6) is 5.75 Å². The minimum atomic E-state index is -0.474. The van der Waals surface area contributed by atoms with Gasteiger partial charge in [0.25, 0.3) is 11.6 Å². The van der Waals surface area contributed by atoms with Crippen molar-refractivity contribution in [3.63, 3.8) is 0 Å². The van der Waals surface area contributed by atoms with E-state index in [-0.39, 0.29) is 17.3 Å². The predicted octanol–water partition coefficient (Wildman–Crippen LogP) is 4.97. The van der Waals surface area contributed by atoms with E-state index in [1.54, 1.807) is 48.5 Å². The average molecular weight is 424 g/mol. The molecule has 1 fully saturated rings. The zero-order valence-corrected chi connectivity index (χ0v) is 16.3. The Hall–Kier alpha value is -3.43. The van der Waals surface area contributed by atoms with Crippen molar-refractivity contribution in [1.29, 1.82) is 0 Å². The maximum Gasteiger partial charge on any atom is 0.280 e. The van der Waals surface area contributed by atoms with Crippen LogP contribution in [0.4, 0.5) is 11.4 Å². The fraction of sp³-hybridized carbons (Fsp3) is 0. The smallest absolute Gasteiger partial charge is 0.280 e. The average Bonchev–Trinajstić information content (AvgIpc) is 3.26. The third-order valence-corrected chi connectivity index (χ3v) is 5.45. The SMILES string of the molecule is O=C1/C(=C/c2ccc(-c3ccccc3[N+](=O)[O-])o2)SC(=S)N1c1cccc(O)c1. The molecule has 0 unspecified atom stereocenters. The summed E-state index contributed by atoms with van der Waals surface area (Å²) in [6.07, 6.45) is 1.54. The lowest BCUT2D eigenvalue weighted by molar-refractivity contribution is -0.384. The van der Waals surface area contributed by atoms with Crippen LogP contribution in [-0.2, 0) is 4.79 Å². The number of phenolic OH excluding ortho intramolecular Hbond substituents is 1. The van der Waals surface area contributed by atoms with Crippen LogP contribution in [0.15, 0.2) is 70.0 Å². The lowest BCUT2D eigenvalue weighted by Crippen LogP contribution is -2.27. The molecule has 0 bridgehead atoms. The lowest BCUT2D eigenvalue weighted by atomic mass is 10.1. The van der Waals surface area contributed by atoms with Gasteiger partial charge in [-0.05, 0) is 30.3 Å². The van der Waals surface area contributed by atoms with Gasteiger partial charge in [0.2, 0.25) is 0 Å². The summed E-state index contributed by atoms with van der Waals surface area (Å²) in [5.74, 6) is 0.386. The first-order valence-electron chi connectivity index (χ1n) is 8.34. The van der Waals surface area contributed by atoms with E-state index in [0.29, 0.717) is 32.0 Å². The number of nitrogens with zero attached hydrogens (tertiary/aromatic N) is 2. The number of rotatable bonds is 4. The van der Waals surface area contributed by atoms with Gasteiger partial charge in [0.15, 0.2) is 4.32 Å². The first kappa shape index (κ1) is 18.9. The van der Waals surface area contributed by atoms with Crippen molar-refractivity contribution in [2.24, 2.45) is 0 Å². The third-order valence-electron chi connectivity index (χ3n) is 4.15. The molecule has 1 aliphatic rings. The summed E-state index contributed by atoms with van der Waals surface area (Å²) in [7, 11) is 0. The number of amides is 1. The van der Waals surface area contributed by atoms with Crippen LogP contribution in [0.1, 0.15) is 5.76 Å². The van der Waals surface area contributed by atoms with E-state index in [9.17, 15) is 20.0 Å². The quantitative estimate of drug-likeness (QED) is 0.273. The Balaban J connectivity index is 1.64. The summed E-state index contributed by atoms with van der Waals surface area (Å²) < 4.78 is 6.05. The minimum absolute atomic E-state index is 0.0284. The molecule has 0 spiro atoms. The maximum atomic E-state index is 12.8. The number of aromatic hydroxyl groups is 1. The second-order valence-electron chi connectivity index (χ2n) is 6.01. The molecule has 0 saturated carbocycles. The number of thiocarbonyl (C=S) groups is 1. The number of para-hydroxylation sites is 1. The van der Waals surface area contributed by atoms with Crippen LogP contribution in [0.3, 0.4) is 0 Å². The molecule has 1 aromatic heterocycles. The number of hydrogen-bond donors (Lipinski definition) is 1. The van der Waals surface area contributed by atoms with Gasteiger partial charge in [-0.2, -0.15) is 0 Å². The number of carbonyl (C=O) groups excluding carboxylic acids is 1. The number of nitro groups is 1. The van der Waals surface area contributed by atoms with E-state index >= 15 is 0 Å². The fourth-order valence-corrected chi connectivity index (χ4v) is 4.15. The van der Waals surface area contributed by atoms with E-state index in [0.717, 1.165) is 11.8 Å². The molecule has 4 rings (SSSR count). The molecule has 29 heavy (non-hydrogen) atoms. The summed E-state index contributed by atoms with van der Waals surface area (Å²) >= 11 is 6.41. The van der Waals surface area contributed by atoms with Crippen LogP contribution in [-0.4, -0.2) is 20.3 Å². The molecule has 1 amide bonds. The van der Waals surface area contributed by atoms with Crippen molar-refractivity contribution in [3.8, 4) is 17.1 Å². The van der Waals surface area contributed by atoms with E-state index in [1.165, 1.54) is 23.1 Å². The maximum absolute atomic E-state index is 12.8. The number of phenols is 1. The van der Waals surface area contributed by atoms with Crippen LogP contribution >= 0.6 is 24.0 Å². The van der Waals surface area contributed by atoms with Crippen molar-refractivity contribution in [1.82, 2.24) is 0 Å². The highest BCUT2D eigenvalue weighted by Gasteiger charge is 2.33. The molecule has 9 heteroatoms. The van der Waals surface area contributed by atoms with Crippen molar-refractivity contribution in [3.05, 3.63) is 81.4 Å². The first-order valence-corrected chi connectivity index (χ1v) is 9.57. The Morgan fingerprint density at radius 1 is 1.14 bits per heavy atom. The van der Waals surface area contributed by atoms with Crippen LogP contribution in [0, 0.1) is 10.1 Å². The van der Waals surface area contributed by atoms with Crippen molar-refractivity contribution >= 4 is 51.7 Å². The molecular weight excluding hydrogens is 412 g/mol. The summed E-state index contributed by atoms with van der Waals surface area (Å²) in [6, 6.07) is 15.8. The molecule has 0 radical (unpaired) electrons. The van der Waals surface area contributed by atoms with Gasteiger partial charge in [0.1, 0.15) is 17.3 Å². The third kappa shape index (κ3) is 3.65. The molecule has 7 nitrogen and oxygen atoms in total. The normalized spacial score (nSPS) is 15.3. The number of anilines is 1. The highest BCUT2D eigenvalue weighted by atomic mass is 32.2. The molecule has 1 aliphatic heterocycles. The van der Waals surface area contributed by atoms with Crippen molar-refractivity contribution in [2.75, 3.05) is 4.90 Å². The van der Waals surface area contributed by atoms with E-state index in [2.05, 4.69) is 0 Å². The zero-order valence-electron chi connectivity index (χ0n) is 14.6. The van der Waals surface area contributed by atoms with Crippen molar-refractivity contribution in [2.45, 2.75) is 0 Å². The Morgan fingerprint density at radius 2 is 1.93 bits per heavy atom. The Morgan fingerprint density at radius 3 is 2.69 bits per heavy atom. The number of hydrogen-bond acceptors (Lipinski definition) is 7. The minimum Gasteiger partial charge on any atom is -0.508 e.